The number of fused-ring (bicyclic) bond motifs is 1. The van der Waals surface area contributed by atoms with Gasteiger partial charge in [0, 0.05) is 23.0 Å². The first-order valence-electron chi connectivity index (χ1n) is 8.58. The van der Waals surface area contributed by atoms with Gasteiger partial charge in [-0.1, -0.05) is 30.3 Å². The molecule has 0 fully saturated rings. The number of ether oxygens (including phenoxy) is 2. The van der Waals surface area contributed by atoms with Crippen LogP contribution in [-0.2, 0) is 11.4 Å². The Bertz CT molecular complexity index is 1010. The summed E-state index contributed by atoms with van der Waals surface area (Å²) in [5, 5.41) is 2.88. The summed E-state index contributed by atoms with van der Waals surface area (Å²) < 4.78 is 11.3. The van der Waals surface area contributed by atoms with Gasteiger partial charge in [0.05, 0.1) is 12.8 Å². The van der Waals surface area contributed by atoms with Gasteiger partial charge in [0.1, 0.15) is 6.61 Å². The second-order valence-electron chi connectivity index (χ2n) is 6.08. The summed E-state index contributed by atoms with van der Waals surface area (Å²) in [5.74, 6) is 1.12. The van der Waals surface area contributed by atoms with Crippen LogP contribution in [0.15, 0.2) is 66.9 Å². The molecule has 2 heterocycles. The lowest BCUT2D eigenvalue weighted by molar-refractivity contribution is -0.110. The van der Waals surface area contributed by atoms with Crippen LogP contribution >= 0.6 is 0 Å². The highest BCUT2D eigenvalue weighted by Gasteiger charge is 2.23. The van der Waals surface area contributed by atoms with E-state index in [2.05, 4.69) is 10.3 Å². The van der Waals surface area contributed by atoms with Crippen LogP contribution in [0.4, 0.5) is 5.69 Å². The lowest BCUT2D eigenvalue weighted by Gasteiger charge is -2.11. The zero-order valence-electron chi connectivity index (χ0n) is 14.8. The molecule has 5 nitrogen and oxygen atoms in total. The van der Waals surface area contributed by atoms with Crippen LogP contribution in [0.3, 0.4) is 0 Å². The first-order chi connectivity index (χ1) is 13.2. The Morgan fingerprint density at radius 3 is 2.70 bits per heavy atom. The lowest BCUT2D eigenvalue weighted by atomic mass is 10.0. The highest BCUT2D eigenvalue weighted by atomic mass is 16.5. The fourth-order valence-electron chi connectivity index (χ4n) is 2.98. The predicted molar refractivity (Wildman–Crippen MR) is 105 cm³/mol. The molecule has 1 N–H and O–H groups in total. The zero-order valence-corrected chi connectivity index (χ0v) is 14.8. The van der Waals surface area contributed by atoms with Gasteiger partial charge in [0.2, 0.25) is 0 Å². The fraction of sp³-hybridized carbons (Fsp3) is 0.0909. The molecule has 1 aliphatic rings. The number of rotatable bonds is 5. The molecule has 0 bridgehead atoms. The third kappa shape index (κ3) is 3.53. The number of carbonyl (C=O) groups excluding carboxylic acids is 1. The number of para-hydroxylation sites is 1. The minimum Gasteiger partial charge on any atom is -0.493 e. The van der Waals surface area contributed by atoms with Crippen LogP contribution in [0.5, 0.6) is 11.5 Å². The second-order valence-corrected chi connectivity index (χ2v) is 6.08. The van der Waals surface area contributed by atoms with E-state index in [0.717, 1.165) is 22.5 Å². The number of hydrogen-bond donors (Lipinski definition) is 1. The quantitative estimate of drug-likeness (QED) is 0.696. The number of amides is 1. The van der Waals surface area contributed by atoms with Crippen molar-refractivity contribution in [2.75, 3.05) is 12.4 Å². The third-order valence-corrected chi connectivity index (χ3v) is 4.31. The number of anilines is 1. The first-order valence-corrected chi connectivity index (χ1v) is 8.58. The Morgan fingerprint density at radius 1 is 1.04 bits per heavy atom. The summed E-state index contributed by atoms with van der Waals surface area (Å²) in [6.45, 7) is 0.334. The molecule has 0 spiro atoms. The van der Waals surface area contributed by atoms with E-state index in [1.54, 1.807) is 13.3 Å². The molecule has 27 heavy (non-hydrogen) atoms. The van der Waals surface area contributed by atoms with Crippen molar-refractivity contribution in [3.63, 3.8) is 0 Å². The molecule has 0 saturated carbocycles. The van der Waals surface area contributed by atoms with Crippen molar-refractivity contribution in [2.45, 2.75) is 6.61 Å². The van der Waals surface area contributed by atoms with Gasteiger partial charge >= 0.3 is 0 Å². The number of benzene rings is 2. The summed E-state index contributed by atoms with van der Waals surface area (Å²) in [4.78, 5) is 16.6. The highest BCUT2D eigenvalue weighted by molar-refractivity contribution is 6.34. The standard InChI is InChI=1S/C22H18N2O3/c1-26-20-10-9-15(13-21(20)27-14-16-6-4-5-11-23-16)12-18-17-7-2-3-8-19(17)24-22(18)25/h2-13H,14H2,1H3,(H,24,25)/b18-12-. The molecular formula is C22H18N2O3. The summed E-state index contributed by atoms with van der Waals surface area (Å²) in [6, 6.07) is 18.9. The maximum absolute atomic E-state index is 12.3. The lowest BCUT2D eigenvalue weighted by Crippen LogP contribution is -2.03. The van der Waals surface area contributed by atoms with Crippen LogP contribution in [0, 0.1) is 0 Å². The molecule has 3 aromatic rings. The van der Waals surface area contributed by atoms with Crippen molar-refractivity contribution in [3.8, 4) is 11.5 Å². The monoisotopic (exact) mass is 358 g/mol. The van der Waals surface area contributed by atoms with Crippen LogP contribution in [0.25, 0.3) is 11.6 Å². The minimum atomic E-state index is -0.108. The number of carbonyl (C=O) groups is 1. The topological polar surface area (TPSA) is 60.5 Å². The molecule has 0 radical (unpaired) electrons. The highest BCUT2D eigenvalue weighted by Crippen LogP contribution is 2.35. The number of nitrogens with one attached hydrogen (secondary N) is 1. The summed E-state index contributed by atoms with van der Waals surface area (Å²) in [6.07, 6.45) is 3.58. The number of aromatic nitrogens is 1. The summed E-state index contributed by atoms with van der Waals surface area (Å²) >= 11 is 0. The summed E-state index contributed by atoms with van der Waals surface area (Å²) in [7, 11) is 1.60. The fourth-order valence-corrected chi connectivity index (χ4v) is 2.98. The van der Waals surface area contributed by atoms with Crippen LogP contribution in [0.2, 0.25) is 0 Å². The molecule has 1 amide bonds. The normalized spacial score (nSPS) is 14.0. The van der Waals surface area contributed by atoms with Crippen molar-refractivity contribution in [3.05, 3.63) is 83.7 Å². The second kappa shape index (κ2) is 7.33. The van der Waals surface area contributed by atoms with Gasteiger partial charge in [-0.3, -0.25) is 9.78 Å². The Hall–Kier alpha value is -3.60. The molecule has 2 aromatic carbocycles. The molecule has 0 atom stereocenters. The van der Waals surface area contributed by atoms with Gasteiger partial charge in [-0.2, -0.15) is 0 Å². The van der Waals surface area contributed by atoms with E-state index in [-0.39, 0.29) is 5.91 Å². The predicted octanol–water partition coefficient (Wildman–Crippen LogP) is 4.16. The van der Waals surface area contributed by atoms with E-state index in [4.69, 9.17) is 9.47 Å². The van der Waals surface area contributed by atoms with Crippen molar-refractivity contribution in [2.24, 2.45) is 0 Å². The molecule has 0 unspecified atom stereocenters. The van der Waals surface area contributed by atoms with Gasteiger partial charge in [0.25, 0.3) is 5.91 Å². The van der Waals surface area contributed by atoms with E-state index in [9.17, 15) is 4.79 Å². The zero-order chi connectivity index (χ0) is 18.6. The van der Waals surface area contributed by atoms with Crippen molar-refractivity contribution in [1.29, 1.82) is 0 Å². The van der Waals surface area contributed by atoms with Crippen molar-refractivity contribution >= 4 is 23.2 Å². The van der Waals surface area contributed by atoms with Crippen molar-refractivity contribution in [1.82, 2.24) is 4.98 Å². The van der Waals surface area contributed by atoms with E-state index in [1.165, 1.54) is 0 Å². The number of pyridine rings is 1. The largest absolute Gasteiger partial charge is 0.493 e. The van der Waals surface area contributed by atoms with E-state index in [1.807, 2.05) is 66.7 Å². The third-order valence-electron chi connectivity index (χ3n) is 4.31. The number of nitrogens with zero attached hydrogens (tertiary/aromatic N) is 1. The molecule has 5 heteroatoms. The minimum absolute atomic E-state index is 0.108. The first kappa shape index (κ1) is 16.8. The summed E-state index contributed by atoms with van der Waals surface area (Å²) in [5.41, 5.74) is 4.04. The SMILES string of the molecule is COc1ccc(/C=C2\C(=O)Nc3ccccc32)cc1OCc1ccccn1. The van der Waals surface area contributed by atoms with Crippen LogP contribution in [0.1, 0.15) is 16.8 Å². The number of hydrogen-bond acceptors (Lipinski definition) is 4. The Kier molecular flexibility index (Phi) is 4.58. The van der Waals surface area contributed by atoms with Gasteiger partial charge in [0.15, 0.2) is 11.5 Å². The van der Waals surface area contributed by atoms with Crippen LogP contribution in [-0.4, -0.2) is 18.0 Å². The maximum atomic E-state index is 12.3. The van der Waals surface area contributed by atoms with Gasteiger partial charge in [-0.15, -0.1) is 0 Å². The smallest absolute Gasteiger partial charge is 0.256 e. The average Bonchev–Trinajstić information content (AvgIpc) is 3.02. The average molecular weight is 358 g/mol. The Morgan fingerprint density at radius 2 is 1.89 bits per heavy atom. The van der Waals surface area contributed by atoms with Gasteiger partial charge < -0.3 is 14.8 Å². The number of methoxy groups -OCH3 is 1. The van der Waals surface area contributed by atoms with Crippen LogP contribution < -0.4 is 14.8 Å². The van der Waals surface area contributed by atoms with E-state index < -0.39 is 0 Å². The molecule has 0 aliphatic carbocycles. The molecule has 0 saturated heterocycles. The van der Waals surface area contributed by atoms with Crippen molar-refractivity contribution < 1.29 is 14.3 Å². The molecule has 134 valence electrons. The Labute approximate surface area is 157 Å². The van der Waals surface area contributed by atoms with E-state index in [0.29, 0.717) is 23.7 Å². The maximum Gasteiger partial charge on any atom is 0.256 e. The molecule has 1 aromatic heterocycles. The molecule has 4 rings (SSSR count). The Balaban J connectivity index is 1.63. The van der Waals surface area contributed by atoms with Gasteiger partial charge in [-0.05, 0) is 42.0 Å². The molecule has 1 aliphatic heterocycles. The van der Waals surface area contributed by atoms with E-state index >= 15 is 0 Å². The van der Waals surface area contributed by atoms with Gasteiger partial charge in [-0.25, -0.2) is 0 Å². The molecular weight excluding hydrogens is 340 g/mol.